The first-order valence-electron chi connectivity index (χ1n) is 12.6. The van der Waals surface area contributed by atoms with Gasteiger partial charge in [0, 0.05) is 77.4 Å². The average molecular weight is 485 g/mol. The van der Waals surface area contributed by atoms with Crippen molar-refractivity contribution in [2.75, 3.05) is 78.7 Å². The lowest BCUT2D eigenvalue weighted by Crippen LogP contribution is -2.50. The zero-order valence-corrected chi connectivity index (χ0v) is 20.2. The van der Waals surface area contributed by atoms with Crippen LogP contribution >= 0.6 is 0 Å². The van der Waals surface area contributed by atoms with Gasteiger partial charge in [0.05, 0.1) is 25.4 Å². The molecule has 3 fully saturated rings. The molecule has 9 heteroatoms. The number of benzene rings is 1. The molecular formula is C26H36N4O5. The van der Waals surface area contributed by atoms with Gasteiger partial charge in [-0.1, -0.05) is 30.3 Å². The van der Waals surface area contributed by atoms with Crippen molar-refractivity contribution >= 4 is 17.5 Å². The minimum absolute atomic E-state index is 0.0940. The Morgan fingerprint density at radius 2 is 1.66 bits per heavy atom. The molecule has 2 atom stereocenters. The van der Waals surface area contributed by atoms with Crippen molar-refractivity contribution < 1.29 is 24.2 Å². The molecule has 1 aromatic carbocycles. The van der Waals surface area contributed by atoms with Crippen molar-refractivity contribution in [2.24, 2.45) is 5.92 Å². The van der Waals surface area contributed by atoms with E-state index in [4.69, 9.17) is 9.84 Å². The van der Waals surface area contributed by atoms with Crippen molar-refractivity contribution in [3.63, 3.8) is 0 Å². The molecule has 0 bridgehead atoms. The molecule has 3 aliphatic rings. The van der Waals surface area contributed by atoms with E-state index in [0.29, 0.717) is 39.4 Å². The molecule has 2 heterocycles. The monoisotopic (exact) mass is 484 g/mol. The maximum Gasteiger partial charge on any atom is 0.234 e. The highest BCUT2D eigenvalue weighted by Crippen LogP contribution is 2.37. The highest BCUT2D eigenvalue weighted by molar-refractivity contribution is 6.27. The van der Waals surface area contributed by atoms with Crippen LogP contribution in [0.15, 0.2) is 42.1 Å². The van der Waals surface area contributed by atoms with E-state index in [0.717, 1.165) is 38.3 Å². The number of ketones is 2. The lowest BCUT2D eigenvalue weighted by molar-refractivity contribution is -0.146. The molecule has 35 heavy (non-hydrogen) atoms. The molecule has 2 saturated heterocycles. The smallest absolute Gasteiger partial charge is 0.234 e. The predicted octanol–water partition coefficient (Wildman–Crippen LogP) is -0.129. The molecule has 190 valence electrons. The number of β-amino-alcohol motifs (C(OH)–C–C–N with tert-alkyl or cyclic N) is 1. The minimum atomic E-state index is -0.902. The van der Waals surface area contributed by atoms with E-state index in [1.54, 1.807) is 4.90 Å². The molecule has 0 aromatic heterocycles. The number of allylic oxidation sites excluding steroid dienone is 1. The number of Topliss-reactive ketones (excluding diaryl/α,β-unsaturated/α-hetero) is 2. The fraction of sp³-hybridized carbons (Fsp3) is 0.577. The van der Waals surface area contributed by atoms with E-state index in [9.17, 15) is 14.4 Å². The summed E-state index contributed by atoms with van der Waals surface area (Å²) >= 11 is 0. The maximum atomic E-state index is 13.6. The van der Waals surface area contributed by atoms with Gasteiger partial charge in [-0.25, -0.2) is 0 Å². The van der Waals surface area contributed by atoms with Crippen molar-refractivity contribution in [3.8, 4) is 0 Å². The van der Waals surface area contributed by atoms with Crippen LogP contribution in [-0.4, -0.2) is 116 Å². The standard InChI is InChI=1S/C26H36N4O5/c31-15-12-29-10-8-28(9-11-29)7-6-27-19-22-23(32)18-21(20-4-2-1-3-5-20)24(25(22)33)26(34)30-13-16-35-17-14-30/h1-5,19,21,24,27,31H,6-18H2/b22-19-. The molecule has 2 unspecified atom stereocenters. The van der Waals surface area contributed by atoms with Gasteiger partial charge in [-0.15, -0.1) is 0 Å². The van der Waals surface area contributed by atoms with Crippen LogP contribution in [0.4, 0.5) is 0 Å². The number of hydrogen-bond acceptors (Lipinski definition) is 8. The second kappa shape index (κ2) is 12.4. The van der Waals surface area contributed by atoms with Crippen molar-refractivity contribution in [1.82, 2.24) is 20.0 Å². The number of piperazine rings is 1. The van der Waals surface area contributed by atoms with Crippen LogP contribution in [0.2, 0.25) is 0 Å². The number of ether oxygens (including phenoxy) is 1. The van der Waals surface area contributed by atoms with Crippen LogP contribution in [-0.2, 0) is 19.1 Å². The van der Waals surface area contributed by atoms with Crippen LogP contribution in [0.3, 0.4) is 0 Å². The third-order valence-electron chi connectivity index (χ3n) is 7.17. The molecule has 1 aliphatic carbocycles. The summed E-state index contributed by atoms with van der Waals surface area (Å²) in [6, 6.07) is 9.40. The van der Waals surface area contributed by atoms with Crippen molar-refractivity contribution in [2.45, 2.75) is 12.3 Å². The Morgan fingerprint density at radius 3 is 2.31 bits per heavy atom. The van der Waals surface area contributed by atoms with Gasteiger partial charge in [-0.3, -0.25) is 24.2 Å². The fourth-order valence-electron chi connectivity index (χ4n) is 5.12. The SMILES string of the molecule is O=C1CC(c2ccccc2)C(C(=O)N2CCOCC2)C(=O)/C1=C\NCCN1CCN(CCO)CC1. The van der Waals surface area contributed by atoms with Crippen LogP contribution in [0.5, 0.6) is 0 Å². The summed E-state index contributed by atoms with van der Waals surface area (Å²) in [6.07, 6.45) is 1.66. The van der Waals surface area contributed by atoms with Gasteiger partial charge in [-0.05, 0) is 5.56 Å². The Hall–Kier alpha value is -2.59. The Bertz CT molecular complexity index is 908. The van der Waals surface area contributed by atoms with Gasteiger partial charge >= 0.3 is 0 Å². The van der Waals surface area contributed by atoms with Gasteiger partial charge in [-0.2, -0.15) is 0 Å². The predicted molar refractivity (Wildman–Crippen MR) is 131 cm³/mol. The molecule has 0 spiro atoms. The minimum Gasteiger partial charge on any atom is -0.395 e. The van der Waals surface area contributed by atoms with Crippen LogP contribution in [0.1, 0.15) is 17.9 Å². The Balaban J connectivity index is 1.41. The number of aliphatic hydroxyl groups excluding tert-OH is 1. The van der Waals surface area contributed by atoms with Crippen LogP contribution < -0.4 is 5.32 Å². The number of carbonyl (C=O) groups is 3. The maximum absolute atomic E-state index is 13.6. The number of hydrogen-bond donors (Lipinski definition) is 2. The molecule has 1 amide bonds. The number of nitrogens with one attached hydrogen (secondary N) is 1. The van der Waals surface area contributed by atoms with E-state index >= 15 is 0 Å². The number of morpholine rings is 1. The lowest BCUT2D eigenvalue weighted by Gasteiger charge is -2.36. The number of amides is 1. The second-order valence-electron chi connectivity index (χ2n) is 9.34. The molecule has 1 aromatic rings. The molecule has 1 saturated carbocycles. The summed E-state index contributed by atoms with van der Waals surface area (Å²) in [5.41, 5.74) is 0.935. The molecular weight excluding hydrogens is 448 g/mol. The van der Waals surface area contributed by atoms with Crippen LogP contribution in [0, 0.1) is 5.92 Å². The Labute approximate surface area is 206 Å². The quantitative estimate of drug-likeness (QED) is 0.228. The van der Waals surface area contributed by atoms with Gasteiger partial charge in [0.25, 0.3) is 0 Å². The second-order valence-corrected chi connectivity index (χ2v) is 9.34. The largest absolute Gasteiger partial charge is 0.395 e. The van der Waals surface area contributed by atoms with Gasteiger partial charge in [0.1, 0.15) is 5.92 Å². The van der Waals surface area contributed by atoms with Gasteiger partial charge < -0.3 is 20.1 Å². The summed E-state index contributed by atoms with van der Waals surface area (Å²) in [6.45, 7) is 7.80. The first kappa shape index (κ1) is 25.5. The van der Waals surface area contributed by atoms with E-state index in [1.807, 2.05) is 30.3 Å². The highest BCUT2D eigenvalue weighted by Gasteiger charge is 2.46. The average Bonchev–Trinajstić information content (AvgIpc) is 2.89. The van der Waals surface area contributed by atoms with Crippen molar-refractivity contribution in [3.05, 3.63) is 47.7 Å². The van der Waals surface area contributed by atoms with Gasteiger partial charge in [0.2, 0.25) is 5.91 Å². The van der Waals surface area contributed by atoms with E-state index < -0.39 is 17.6 Å². The van der Waals surface area contributed by atoms with E-state index in [2.05, 4.69) is 15.1 Å². The third-order valence-corrected chi connectivity index (χ3v) is 7.17. The van der Waals surface area contributed by atoms with Gasteiger partial charge in [0.15, 0.2) is 11.6 Å². The molecule has 2 N–H and O–H groups in total. The summed E-state index contributed by atoms with van der Waals surface area (Å²) in [5, 5.41) is 12.2. The number of carbonyl (C=O) groups excluding carboxylic acids is 3. The number of rotatable bonds is 8. The first-order valence-corrected chi connectivity index (χ1v) is 12.6. The van der Waals surface area contributed by atoms with Crippen molar-refractivity contribution in [1.29, 1.82) is 0 Å². The zero-order valence-electron chi connectivity index (χ0n) is 20.2. The topological polar surface area (TPSA) is 102 Å². The third kappa shape index (κ3) is 6.35. The Kier molecular flexibility index (Phi) is 9.03. The number of aliphatic hydroxyl groups is 1. The Morgan fingerprint density at radius 1 is 1.00 bits per heavy atom. The molecule has 9 nitrogen and oxygen atoms in total. The molecule has 0 radical (unpaired) electrons. The number of nitrogens with zero attached hydrogens (tertiary/aromatic N) is 3. The summed E-state index contributed by atoms with van der Waals surface area (Å²) in [4.78, 5) is 46.3. The van der Waals surface area contributed by atoms with E-state index in [-0.39, 0.29) is 30.3 Å². The molecule has 4 rings (SSSR count). The summed E-state index contributed by atoms with van der Waals surface area (Å²) in [5.74, 6) is -2.19. The molecule has 2 aliphatic heterocycles. The van der Waals surface area contributed by atoms with Crippen LogP contribution in [0.25, 0.3) is 0 Å². The normalized spacial score (nSPS) is 25.7. The zero-order chi connectivity index (χ0) is 24.6. The lowest BCUT2D eigenvalue weighted by atomic mass is 9.71. The summed E-state index contributed by atoms with van der Waals surface area (Å²) in [7, 11) is 0. The van der Waals surface area contributed by atoms with E-state index in [1.165, 1.54) is 6.20 Å². The fourth-order valence-corrected chi connectivity index (χ4v) is 5.12. The summed E-state index contributed by atoms with van der Waals surface area (Å²) < 4.78 is 5.38. The highest BCUT2D eigenvalue weighted by atomic mass is 16.5. The first-order chi connectivity index (χ1) is 17.1.